The lowest BCUT2D eigenvalue weighted by atomic mass is 9.92. The molecule has 15 aromatic rings. The van der Waals surface area contributed by atoms with Crippen LogP contribution in [0.1, 0.15) is 113 Å². The van der Waals surface area contributed by atoms with Crippen LogP contribution in [-0.4, -0.2) is 139 Å². The van der Waals surface area contributed by atoms with Crippen molar-refractivity contribution in [2.45, 2.75) is 40.5 Å². The average molecular weight is 1760 g/mol. The molecule has 646 valence electrons. The van der Waals surface area contributed by atoms with Crippen molar-refractivity contribution >= 4 is 119 Å². The molecule has 0 bridgehead atoms. The van der Waals surface area contributed by atoms with Crippen molar-refractivity contribution < 1.29 is 71.6 Å². The number of nitrogens with one attached hydrogen (secondary N) is 1. The smallest absolute Gasteiger partial charge is 0.342 e. The number of furan rings is 1. The lowest BCUT2D eigenvalue weighted by Gasteiger charge is -2.14. The van der Waals surface area contributed by atoms with Gasteiger partial charge in [0.2, 0.25) is 35.6 Å². The summed E-state index contributed by atoms with van der Waals surface area (Å²) < 4.78 is 25.7. The molecule has 0 radical (unpaired) electrons. The maximum absolute atomic E-state index is 12.6. The number of carboxylic acids is 1. The minimum atomic E-state index is -1.23. The summed E-state index contributed by atoms with van der Waals surface area (Å²) in [7, 11) is 0. The second-order valence-electron chi connectivity index (χ2n) is 26.0. The number of nitrogens with two attached hydrogens (primary N) is 6. The topological polar surface area (TPSA) is 525 Å². The number of carbonyl (C=O) groups excluding carboxylic acids is 8. The van der Waals surface area contributed by atoms with Crippen LogP contribution in [-0.2, 0) is 28.5 Å². The molecule has 0 aliphatic carbocycles. The van der Waals surface area contributed by atoms with Crippen molar-refractivity contribution in [2.24, 2.45) is 11.7 Å². The van der Waals surface area contributed by atoms with Crippen molar-refractivity contribution in [3.8, 4) is 87.4 Å². The SMILES string of the molecule is CCOC(=O)C(CC(=O)c1ccnc(N)n1)C(=O)c1ccccc1.CCOC(=O)CC(=O)c1ccccc1.CCOC(=O)c1cc(-c2ccnc(N)n2)[nH]c1-c1ccccc1.CCOC(=O)c1cc(-c2ccnc(N)n2)oc1-c1ccccc1.NC(=O)c1cc(-c2ccnc(N)n2)sc1-c1ccccc1.Nc1nccc(-c2cc(C(=O)O)c(-c3ccccc3)s2)n1.S. The number of Topliss-reactive ketones (excluding diaryl/α,β-unsaturated/α-hetero) is 3. The number of carboxylic acid groups (broad SMARTS) is 1. The minimum absolute atomic E-state index is 0. The standard InChI is InChI=1S/C17H16N4O2.C17H17N3O4.C17H15N3O3.C15H12N4OS.C15H11N3O2S.C11H12O3.H2S/c1-2-23-16(22)12-10-14(13-8-9-19-17(18)21-13)20-15(12)11-6-4-3-5-7-11;1-2-24-16(23)12(15(22)11-6-4-3-5-7-11)10-14(21)13-8-9-19-17(18)20-13;1-2-22-16(21)12-10-14(13-8-9-19-17(18)20-13)23-15(12)11-6-4-3-5-7-11;16-14(20)10-8-12(11-6-7-18-15(17)19-11)21-13(10)9-4-2-1-3-5-9;16-15-17-7-6-11(18-15)12-8-10(14(19)20)13(21-12)9-4-2-1-3-5-9;1-2-14-11(13)8-10(12)9-6-4-3-5-7-9;/h3-10,20H,2H2,1H3,(H2,18,19,21);3-9,12H,2,10H2,1H3,(H2,18,19,20);3-10H,2H2,1H3,(H2,18,19,20);1-8H,(H2,16,20)(H2,17,18,19);1-8H,(H,19,20)(H2,16,17,18);3-7H,2,8H2,1H3;1H2. The number of aromatic amines is 1. The predicted molar refractivity (Wildman–Crippen MR) is 488 cm³/mol. The molecular weight excluding hydrogens is 1680 g/mol. The van der Waals surface area contributed by atoms with E-state index in [0.717, 1.165) is 36.9 Å². The third kappa shape index (κ3) is 26.9. The summed E-state index contributed by atoms with van der Waals surface area (Å²) in [6.45, 7) is 7.90. The van der Waals surface area contributed by atoms with Crippen LogP contribution in [0.2, 0.25) is 0 Å². The van der Waals surface area contributed by atoms with Gasteiger partial charge in [-0.25, -0.2) is 64.2 Å². The number of thiophene rings is 2. The van der Waals surface area contributed by atoms with Crippen LogP contribution in [0.4, 0.5) is 29.7 Å². The summed E-state index contributed by atoms with van der Waals surface area (Å²) in [5.41, 5.74) is 43.1. The number of nitrogens with zero attached hydrogens (tertiary/aromatic N) is 10. The fourth-order valence-electron chi connectivity index (χ4n) is 11.7. The van der Waals surface area contributed by atoms with E-state index in [1.165, 1.54) is 41.1 Å². The number of anilines is 5. The van der Waals surface area contributed by atoms with E-state index < -0.39 is 47.3 Å². The highest BCUT2D eigenvalue weighted by molar-refractivity contribution is 7.59. The van der Waals surface area contributed by atoms with Crippen molar-refractivity contribution in [2.75, 3.05) is 55.1 Å². The van der Waals surface area contributed by atoms with Crippen molar-refractivity contribution in [1.82, 2.24) is 54.8 Å². The first-order chi connectivity index (χ1) is 60.9. The molecule has 14 N–H and O–H groups in total. The fourth-order valence-corrected chi connectivity index (χ4v) is 14.0. The first kappa shape index (κ1) is 94.7. The number of primary amides is 1. The van der Waals surface area contributed by atoms with Gasteiger partial charge in [0.05, 0.1) is 81.3 Å². The zero-order valence-corrected chi connectivity index (χ0v) is 71.3. The van der Waals surface area contributed by atoms with Crippen LogP contribution in [0, 0.1) is 5.92 Å². The lowest BCUT2D eigenvalue weighted by Crippen LogP contribution is -2.29. The fraction of sp³-hybridized carbons (Fsp3) is 0.120. The van der Waals surface area contributed by atoms with Crippen molar-refractivity contribution in [1.29, 1.82) is 0 Å². The Labute approximate surface area is 742 Å². The van der Waals surface area contributed by atoms with Gasteiger partial charge < -0.3 is 67.9 Å². The van der Waals surface area contributed by atoms with Gasteiger partial charge >= 0.3 is 29.8 Å². The third-order valence-electron chi connectivity index (χ3n) is 17.4. The number of ether oxygens (including phenoxy) is 4. The number of carbonyl (C=O) groups is 9. The van der Waals surface area contributed by atoms with Gasteiger partial charge in [0, 0.05) is 69.9 Å². The number of hydrogen-bond donors (Lipinski definition) is 8. The van der Waals surface area contributed by atoms with Crippen LogP contribution in [0.25, 0.3) is 87.4 Å². The molecule has 1 amide bonds. The number of benzene rings is 6. The van der Waals surface area contributed by atoms with Gasteiger partial charge in [-0.3, -0.25) is 28.8 Å². The Morgan fingerprint density at radius 1 is 0.417 bits per heavy atom. The number of aromatic carboxylic acids is 1. The number of amides is 1. The highest BCUT2D eigenvalue weighted by Crippen LogP contribution is 2.40. The lowest BCUT2D eigenvalue weighted by molar-refractivity contribution is -0.146. The molecule has 0 spiro atoms. The largest absolute Gasteiger partial charge is 0.478 e. The Kier molecular flexibility index (Phi) is 35.3. The summed E-state index contributed by atoms with van der Waals surface area (Å²) in [6.07, 6.45) is 7.06. The zero-order valence-electron chi connectivity index (χ0n) is 68.6. The summed E-state index contributed by atoms with van der Waals surface area (Å²) in [6, 6.07) is 69.9. The monoisotopic (exact) mass is 1760 g/mol. The number of hydrogen-bond acceptors (Lipinski definition) is 31. The second kappa shape index (κ2) is 47.3. The Hall–Kier alpha value is -16.1. The van der Waals surface area contributed by atoms with Crippen LogP contribution in [0.5, 0.6) is 0 Å². The molecule has 0 saturated heterocycles. The first-order valence-electron chi connectivity index (χ1n) is 38.6. The Morgan fingerprint density at radius 3 is 1.28 bits per heavy atom. The number of aromatic nitrogens is 11. The summed E-state index contributed by atoms with van der Waals surface area (Å²) in [5, 5.41) is 9.39. The van der Waals surface area contributed by atoms with Gasteiger partial charge in [-0.15, -0.1) is 22.7 Å². The van der Waals surface area contributed by atoms with Crippen LogP contribution < -0.4 is 34.4 Å². The molecule has 0 saturated carbocycles. The minimum Gasteiger partial charge on any atom is -0.478 e. The van der Waals surface area contributed by atoms with E-state index in [1.54, 1.807) is 149 Å². The molecule has 0 aliphatic heterocycles. The Bertz CT molecular complexity index is 5970. The van der Waals surface area contributed by atoms with Crippen molar-refractivity contribution in [3.63, 3.8) is 0 Å². The normalized spacial score (nSPS) is 10.5. The predicted octanol–water partition coefficient (Wildman–Crippen LogP) is 15.4. The van der Waals surface area contributed by atoms with E-state index in [-0.39, 0.29) is 92.3 Å². The van der Waals surface area contributed by atoms with Gasteiger partial charge in [0.25, 0.3) is 0 Å². The van der Waals surface area contributed by atoms with E-state index in [0.29, 0.717) is 91.6 Å². The summed E-state index contributed by atoms with van der Waals surface area (Å²) in [5.74, 6) is -4.33. The van der Waals surface area contributed by atoms with Crippen molar-refractivity contribution in [3.05, 3.63) is 307 Å². The van der Waals surface area contributed by atoms with E-state index in [9.17, 15) is 48.3 Å². The summed E-state index contributed by atoms with van der Waals surface area (Å²) >= 11 is 2.83. The molecule has 32 nitrogen and oxygen atoms in total. The maximum Gasteiger partial charge on any atom is 0.342 e. The number of esters is 4. The number of nitrogen functional groups attached to an aromatic ring is 5. The van der Waals surface area contributed by atoms with E-state index in [4.69, 9.17) is 53.0 Å². The number of rotatable bonds is 25. The van der Waals surface area contributed by atoms with Gasteiger partial charge in [-0.2, -0.15) is 13.5 Å². The highest BCUT2D eigenvalue weighted by Gasteiger charge is 2.33. The molecule has 0 aliphatic rings. The van der Waals surface area contributed by atoms with Gasteiger partial charge in [-0.05, 0) is 92.9 Å². The van der Waals surface area contributed by atoms with E-state index in [1.807, 2.05) is 127 Å². The maximum atomic E-state index is 12.6. The molecule has 15 rings (SSSR count). The molecule has 1 unspecified atom stereocenters. The molecular formula is C92H85N17O15S3. The second-order valence-corrected chi connectivity index (χ2v) is 28.1. The van der Waals surface area contributed by atoms with Crippen LogP contribution in [0.15, 0.2) is 272 Å². The number of H-pyrrole nitrogens is 1. The zero-order chi connectivity index (χ0) is 90.0. The number of ketones is 3. The Balaban J connectivity index is 0.000000173. The molecule has 35 heteroatoms. The van der Waals surface area contributed by atoms with Gasteiger partial charge in [0.1, 0.15) is 35.1 Å². The summed E-state index contributed by atoms with van der Waals surface area (Å²) in [4.78, 5) is 153. The van der Waals surface area contributed by atoms with Gasteiger partial charge in [-0.1, -0.05) is 182 Å². The van der Waals surface area contributed by atoms with Gasteiger partial charge in [0.15, 0.2) is 23.1 Å². The quantitative estimate of drug-likeness (QED) is 0.0114. The first-order valence-corrected chi connectivity index (χ1v) is 40.3. The molecule has 6 aromatic carbocycles. The van der Waals surface area contributed by atoms with Crippen LogP contribution in [0.3, 0.4) is 0 Å². The van der Waals surface area contributed by atoms with Crippen LogP contribution >= 0.6 is 36.2 Å². The highest BCUT2D eigenvalue weighted by atomic mass is 32.1. The van der Waals surface area contributed by atoms with E-state index >= 15 is 0 Å². The molecule has 1 atom stereocenters. The molecule has 0 fully saturated rings. The average Bonchev–Trinajstić information content (AvgIpc) is 1.67. The third-order valence-corrected chi connectivity index (χ3v) is 19.8. The van der Waals surface area contributed by atoms with E-state index in [2.05, 4.69) is 59.6 Å². The Morgan fingerprint density at radius 2 is 0.819 bits per heavy atom. The molecule has 127 heavy (non-hydrogen) atoms. The molecule has 9 heterocycles. The molecule has 9 aromatic heterocycles.